The van der Waals surface area contributed by atoms with Gasteiger partial charge in [-0.3, -0.25) is 5.84 Å². The zero-order chi connectivity index (χ0) is 14.0. The van der Waals surface area contributed by atoms with Gasteiger partial charge < -0.3 is 0 Å². The molecule has 2 aromatic carbocycles. The molecule has 2 rings (SSSR count). The predicted octanol–water partition coefficient (Wildman–Crippen LogP) is 4.10. The average Bonchev–Trinajstić information content (AvgIpc) is 2.37. The Morgan fingerprint density at radius 2 is 2.00 bits per heavy atom. The van der Waals surface area contributed by atoms with Gasteiger partial charge in [0.15, 0.2) is 0 Å². The molecule has 0 aliphatic heterocycles. The van der Waals surface area contributed by atoms with Crippen LogP contribution in [0.25, 0.3) is 0 Å². The van der Waals surface area contributed by atoms with E-state index in [1.807, 2.05) is 25.1 Å². The van der Waals surface area contributed by atoms with Gasteiger partial charge in [-0.2, -0.15) is 0 Å². The van der Waals surface area contributed by atoms with Gasteiger partial charge in [0.25, 0.3) is 0 Å². The molecular weight excluding hydrogens is 331 g/mol. The molecule has 0 heterocycles. The van der Waals surface area contributed by atoms with Crippen molar-refractivity contribution in [2.75, 3.05) is 0 Å². The molecule has 2 nitrogen and oxygen atoms in total. The molecule has 1 atom stereocenters. The quantitative estimate of drug-likeness (QED) is 0.650. The van der Waals surface area contributed by atoms with Crippen LogP contribution in [-0.2, 0) is 0 Å². The van der Waals surface area contributed by atoms with Crippen LogP contribution < -0.4 is 11.3 Å². The number of nitrogens with two attached hydrogens (primary N) is 1. The van der Waals surface area contributed by atoms with Crippen LogP contribution in [0, 0.1) is 12.7 Å². The molecule has 0 radical (unpaired) electrons. The number of nitrogens with one attached hydrogen (secondary N) is 1. The van der Waals surface area contributed by atoms with Gasteiger partial charge in [-0.25, -0.2) is 9.82 Å². The summed E-state index contributed by atoms with van der Waals surface area (Å²) in [4.78, 5) is 0. The highest BCUT2D eigenvalue weighted by molar-refractivity contribution is 9.10. The van der Waals surface area contributed by atoms with E-state index in [2.05, 4.69) is 21.4 Å². The normalized spacial score (nSPS) is 12.5. The van der Waals surface area contributed by atoms with Crippen molar-refractivity contribution in [3.63, 3.8) is 0 Å². The molecule has 0 spiro atoms. The second-order valence-corrected chi connectivity index (χ2v) is 5.56. The molecule has 100 valence electrons. The third kappa shape index (κ3) is 3.15. The Morgan fingerprint density at radius 1 is 1.26 bits per heavy atom. The minimum absolute atomic E-state index is 0.363. The van der Waals surface area contributed by atoms with E-state index in [9.17, 15) is 4.39 Å². The molecule has 0 fully saturated rings. The molecular formula is C14H13BrClFN2. The van der Waals surface area contributed by atoms with Crippen molar-refractivity contribution in [3.05, 3.63) is 68.4 Å². The van der Waals surface area contributed by atoms with Gasteiger partial charge in [-0.05, 0) is 36.2 Å². The molecule has 0 amide bonds. The van der Waals surface area contributed by atoms with Crippen molar-refractivity contribution >= 4 is 27.5 Å². The Morgan fingerprint density at radius 3 is 2.58 bits per heavy atom. The summed E-state index contributed by atoms with van der Waals surface area (Å²) in [7, 11) is 0. The topological polar surface area (TPSA) is 38.0 Å². The lowest BCUT2D eigenvalue weighted by atomic mass is 9.98. The zero-order valence-corrected chi connectivity index (χ0v) is 12.6. The zero-order valence-electron chi connectivity index (χ0n) is 10.3. The Balaban J connectivity index is 2.46. The number of rotatable bonds is 3. The summed E-state index contributed by atoms with van der Waals surface area (Å²) in [5.74, 6) is 5.18. The van der Waals surface area contributed by atoms with E-state index in [1.54, 1.807) is 12.1 Å². The van der Waals surface area contributed by atoms with Gasteiger partial charge >= 0.3 is 0 Å². The largest absolute Gasteiger partial charge is 0.271 e. The average molecular weight is 344 g/mol. The molecule has 0 aliphatic carbocycles. The monoisotopic (exact) mass is 342 g/mol. The van der Waals surface area contributed by atoms with E-state index in [-0.39, 0.29) is 5.82 Å². The summed E-state index contributed by atoms with van der Waals surface area (Å²) < 4.78 is 14.9. The second kappa shape index (κ2) is 6.01. The third-order valence-corrected chi connectivity index (χ3v) is 4.06. The molecule has 3 N–H and O–H groups in total. The number of halogens is 3. The van der Waals surface area contributed by atoms with Crippen molar-refractivity contribution in [1.29, 1.82) is 0 Å². The van der Waals surface area contributed by atoms with Crippen LogP contribution in [0.4, 0.5) is 4.39 Å². The molecule has 0 saturated heterocycles. The number of hydrogen-bond donors (Lipinski definition) is 2. The van der Waals surface area contributed by atoms with Crippen LogP contribution >= 0.6 is 27.5 Å². The van der Waals surface area contributed by atoms with E-state index in [4.69, 9.17) is 17.4 Å². The molecule has 0 saturated carbocycles. The van der Waals surface area contributed by atoms with Gasteiger partial charge in [0, 0.05) is 15.1 Å². The molecule has 19 heavy (non-hydrogen) atoms. The lowest BCUT2D eigenvalue weighted by Gasteiger charge is -2.18. The highest BCUT2D eigenvalue weighted by Gasteiger charge is 2.17. The minimum atomic E-state index is -0.422. The summed E-state index contributed by atoms with van der Waals surface area (Å²) in [5, 5.41) is 0.363. The predicted molar refractivity (Wildman–Crippen MR) is 79.5 cm³/mol. The number of hydrazine groups is 1. The highest BCUT2D eigenvalue weighted by Crippen LogP contribution is 2.28. The lowest BCUT2D eigenvalue weighted by Crippen LogP contribution is -2.29. The number of aryl methyl sites for hydroxylation is 1. The Hall–Kier alpha value is -0.940. The smallest absolute Gasteiger partial charge is 0.129 e. The Labute approximate surface area is 124 Å². The molecule has 0 bridgehead atoms. The van der Waals surface area contributed by atoms with Crippen molar-refractivity contribution in [3.8, 4) is 0 Å². The second-order valence-electron chi connectivity index (χ2n) is 4.27. The maximum atomic E-state index is 14.0. The first kappa shape index (κ1) is 14.5. The van der Waals surface area contributed by atoms with E-state index >= 15 is 0 Å². The minimum Gasteiger partial charge on any atom is -0.271 e. The van der Waals surface area contributed by atoms with Crippen LogP contribution in [0.2, 0.25) is 5.02 Å². The van der Waals surface area contributed by atoms with Gasteiger partial charge in [-0.1, -0.05) is 45.7 Å². The van der Waals surface area contributed by atoms with Crippen molar-refractivity contribution in [1.82, 2.24) is 5.43 Å². The first-order valence-electron chi connectivity index (χ1n) is 5.70. The fourth-order valence-electron chi connectivity index (χ4n) is 1.89. The fraction of sp³-hybridized carbons (Fsp3) is 0.143. The van der Waals surface area contributed by atoms with Crippen molar-refractivity contribution in [2.45, 2.75) is 13.0 Å². The SMILES string of the molecule is Cc1ccc(C(NN)c2ccc(Cl)cc2F)cc1Br. The summed E-state index contributed by atoms with van der Waals surface area (Å²) in [5.41, 5.74) is 5.08. The van der Waals surface area contributed by atoms with Crippen LogP contribution in [0.5, 0.6) is 0 Å². The lowest BCUT2D eigenvalue weighted by molar-refractivity contribution is 0.560. The van der Waals surface area contributed by atoms with Crippen LogP contribution in [-0.4, -0.2) is 0 Å². The molecule has 2 aromatic rings. The van der Waals surface area contributed by atoms with E-state index in [0.29, 0.717) is 10.6 Å². The standard InChI is InChI=1S/C14H13BrClFN2/c1-8-2-3-9(6-12(8)15)14(19-18)11-5-4-10(16)7-13(11)17/h2-7,14,19H,18H2,1H3. The first-order valence-corrected chi connectivity index (χ1v) is 6.87. The number of hydrogen-bond acceptors (Lipinski definition) is 2. The summed E-state index contributed by atoms with van der Waals surface area (Å²) >= 11 is 9.22. The van der Waals surface area contributed by atoms with Gasteiger partial charge in [0.05, 0.1) is 6.04 Å². The first-order chi connectivity index (χ1) is 9.02. The van der Waals surface area contributed by atoms with Gasteiger partial charge in [0.1, 0.15) is 5.82 Å². The molecule has 0 aliphatic rings. The van der Waals surface area contributed by atoms with Crippen LogP contribution in [0.1, 0.15) is 22.7 Å². The molecule has 5 heteroatoms. The fourth-order valence-corrected chi connectivity index (χ4v) is 2.45. The summed E-state index contributed by atoms with van der Waals surface area (Å²) in [6.07, 6.45) is 0. The highest BCUT2D eigenvalue weighted by atomic mass is 79.9. The van der Waals surface area contributed by atoms with E-state index in [1.165, 1.54) is 6.07 Å². The van der Waals surface area contributed by atoms with E-state index < -0.39 is 6.04 Å². The maximum absolute atomic E-state index is 14.0. The molecule has 1 unspecified atom stereocenters. The third-order valence-electron chi connectivity index (χ3n) is 2.97. The van der Waals surface area contributed by atoms with Crippen molar-refractivity contribution in [2.24, 2.45) is 5.84 Å². The van der Waals surface area contributed by atoms with E-state index in [0.717, 1.165) is 15.6 Å². The van der Waals surface area contributed by atoms with Gasteiger partial charge in [-0.15, -0.1) is 0 Å². The van der Waals surface area contributed by atoms with Gasteiger partial charge in [0.2, 0.25) is 0 Å². The summed E-state index contributed by atoms with van der Waals surface area (Å²) in [6, 6.07) is 9.94. The Bertz CT molecular complexity index is 604. The molecule has 0 aromatic heterocycles. The Kier molecular flexibility index (Phi) is 4.58. The summed E-state index contributed by atoms with van der Waals surface area (Å²) in [6.45, 7) is 1.99. The van der Waals surface area contributed by atoms with Crippen molar-refractivity contribution < 1.29 is 4.39 Å². The maximum Gasteiger partial charge on any atom is 0.129 e. The van der Waals surface area contributed by atoms with Crippen LogP contribution in [0.3, 0.4) is 0 Å². The van der Waals surface area contributed by atoms with Crippen LogP contribution in [0.15, 0.2) is 40.9 Å². The number of benzene rings is 2.